The van der Waals surface area contributed by atoms with Crippen molar-refractivity contribution in [1.29, 1.82) is 0 Å². The van der Waals surface area contributed by atoms with E-state index >= 15 is 0 Å². The maximum absolute atomic E-state index is 13.2. The van der Waals surface area contributed by atoms with E-state index in [0.717, 1.165) is 24.1 Å². The van der Waals surface area contributed by atoms with Crippen LogP contribution in [0.1, 0.15) is 67.2 Å². The highest BCUT2D eigenvalue weighted by molar-refractivity contribution is 5.93. The standard InChI is InChI=1S/C22H27N3O3/c1-22(2,3)25-19(15-9-10-15)11-18(23-25)20(26)24-12-16(17(13-24)21(27)28)14-7-5-4-6-8-14/h4-8,11,15-17H,9-10,12-13H2,1-3H3,(H,27,28). The van der Waals surface area contributed by atoms with Gasteiger partial charge in [0.1, 0.15) is 0 Å². The quantitative estimate of drug-likeness (QED) is 0.880. The van der Waals surface area contributed by atoms with E-state index in [-0.39, 0.29) is 23.9 Å². The Morgan fingerprint density at radius 2 is 1.79 bits per heavy atom. The van der Waals surface area contributed by atoms with Crippen LogP contribution in [0.25, 0.3) is 0 Å². The first-order chi connectivity index (χ1) is 13.3. The van der Waals surface area contributed by atoms with Gasteiger partial charge in [0.25, 0.3) is 5.91 Å². The number of aromatic nitrogens is 2. The van der Waals surface area contributed by atoms with Gasteiger partial charge in [-0.25, -0.2) is 0 Å². The van der Waals surface area contributed by atoms with E-state index in [4.69, 9.17) is 0 Å². The Hall–Kier alpha value is -2.63. The summed E-state index contributed by atoms with van der Waals surface area (Å²) in [6.07, 6.45) is 2.27. The molecule has 1 saturated carbocycles. The molecule has 1 aliphatic carbocycles. The van der Waals surface area contributed by atoms with Crippen molar-refractivity contribution in [2.75, 3.05) is 13.1 Å². The Kier molecular flexibility index (Phi) is 4.52. The Labute approximate surface area is 165 Å². The lowest BCUT2D eigenvalue weighted by Crippen LogP contribution is -2.31. The zero-order chi connectivity index (χ0) is 20.1. The first kappa shape index (κ1) is 18.7. The molecular formula is C22H27N3O3. The molecule has 1 aliphatic heterocycles. The molecule has 6 heteroatoms. The van der Waals surface area contributed by atoms with Crippen LogP contribution in [0.2, 0.25) is 0 Å². The summed E-state index contributed by atoms with van der Waals surface area (Å²) < 4.78 is 1.97. The molecule has 4 rings (SSSR count). The van der Waals surface area contributed by atoms with Crippen LogP contribution in [-0.4, -0.2) is 44.8 Å². The molecule has 2 fully saturated rings. The zero-order valence-electron chi connectivity index (χ0n) is 16.6. The van der Waals surface area contributed by atoms with Gasteiger partial charge in [0.15, 0.2) is 5.69 Å². The summed E-state index contributed by atoms with van der Waals surface area (Å²) in [6.45, 7) is 6.88. The van der Waals surface area contributed by atoms with Crippen LogP contribution < -0.4 is 0 Å². The molecule has 1 aromatic carbocycles. The second-order valence-corrected chi connectivity index (χ2v) is 8.98. The third kappa shape index (κ3) is 3.43. The highest BCUT2D eigenvalue weighted by atomic mass is 16.4. The summed E-state index contributed by atoms with van der Waals surface area (Å²) >= 11 is 0. The minimum Gasteiger partial charge on any atom is -0.481 e. The smallest absolute Gasteiger partial charge is 0.308 e. The molecule has 2 heterocycles. The van der Waals surface area contributed by atoms with Gasteiger partial charge in [-0.1, -0.05) is 30.3 Å². The molecule has 2 aromatic rings. The number of carboxylic acids is 1. The minimum absolute atomic E-state index is 0.172. The summed E-state index contributed by atoms with van der Waals surface area (Å²) in [4.78, 5) is 26.7. The van der Waals surface area contributed by atoms with E-state index in [2.05, 4.69) is 25.9 Å². The van der Waals surface area contributed by atoms with Gasteiger partial charge in [0.2, 0.25) is 0 Å². The van der Waals surface area contributed by atoms with Crippen LogP contribution in [0.4, 0.5) is 0 Å². The van der Waals surface area contributed by atoms with Crippen molar-refractivity contribution in [3.8, 4) is 0 Å². The molecule has 148 valence electrons. The third-order valence-corrected chi connectivity index (χ3v) is 5.74. The van der Waals surface area contributed by atoms with Crippen molar-refractivity contribution >= 4 is 11.9 Å². The maximum atomic E-state index is 13.2. The number of carboxylic acid groups (broad SMARTS) is 1. The van der Waals surface area contributed by atoms with Gasteiger partial charge in [-0.15, -0.1) is 0 Å². The van der Waals surface area contributed by atoms with E-state index in [1.807, 2.05) is 41.1 Å². The van der Waals surface area contributed by atoms with Crippen molar-refractivity contribution in [3.05, 3.63) is 53.3 Å². The fourth-order valence-corrected chi connectivity index (χ4v) is 4.13. The molecule has 6 nitrogen and oxygen atoms in total. The van der Waals surface area contributed by atoms with Crippen LogP contribution in [0.15, 0.2) is 36.4 Å². The summed E-state index contributed by atoms with van der Waals surface area (Å²) in [6, 6.07) is 11.5. The Bertz CT molecular complexity index is 893. The van der Waals surface area contributed by atoms with Gasteiger partial charge in [0.05, 0.1) is 11.5 Å². The Morgan fingerprint density at radius 1 is 1.11 bits per heavy atom. The fourth-order valence-electron chi connectivity index (χ4n) is 4.13. The Morgan fingerprint density at radius 3 is 2.36 bits per heavy atom. The largest absolute Gasteiger partial charge is 0.481 e. The SMILES string of the molecule is CC(C)(C)n1nc(C(=O)N2CC(C(=O)O)C(c3ccccc3)C2)cc1C1CC1. The molecule has 28 heavy (non-hydrogen) atoms. The molecule has 0 bridgehead atoms. The van der Waals surface area contributed by atoms with Crippen LogP contribution in [0.3, 0.4) is 0 Å². The lowest BCUT2D eigenvalue weighted by molar-refractivity contribution is -0.141. The van der Waals surface area contributed by atoms with E-state index in [1.165, 1.54) is 0 Å². The minimum atomic E-state index is -0.858. The van der Waals surface area contributed by atoms with Gasteiger partial charge in [-0.2, -0.15) is 5.10 Å². The molecule has 0 spiro atoms. The van der Waals surface area contributed by atoms with Crippen LogP contribution in [0, 0.1) is 5.92 Å². The summed E-state index contributed by atoms with van der Waals surface area (Å²) in [5, 5.41) is 14.3. The maximum Gasteiger partial charge on any atom is 0.308 e. The van der Waals surface area contributed by atoms with Gasteiger partial charge in [-0.3, -0.25) is 14.3 Å². The lowest BCUT2D eigenvalue weighted by atomic mass is 9.89. The summed E-state index contributed by atoms with van der Waals surface area (Å²) in [5.41, 5.74) is 2.31. The van der Waals surface area contributed by atoms with E-state index in [0.29, 0.717) is 18.2 Å². The second kappa shape index (κ2) is 6.76. The average Bonchev–Trinajstić information content (AvgIpc) is 3.22. The van der Waals surface area contributed by atoms with Crippen LogP contribution in [-0.2, 0) is 10.3 Å². The number of hydrogen-bond donors (Lipinski definition) is 1. The molecule has 1 aromatic heterocycles. The molecular weight excluding hydrogens is 354 g/mol. The average molecular weight is 381 g/mol. The number of aliphatic carboxylic acids is 1. The van der Waals surface area contributed by atoms with Gasteiger partial charge in [-0.05, 0) is 45.2 Å². The van der Waals surface area contributed by atoms with E-state index < -0.39 is 11.9 Å². The molecule has 1 amide bonds. The van der Waals surface area contributed by atoms with Crippen molar-refractivity contribution in [1.82, 2.24) is 14.7 Å². The molecule has 0 radical (unpaired) electrons. The zero-order valence-corrected chi connectivity index (χ0v) is 16.6. The van der Waals surface area contributed by atoms with Gasteiger partial charge in [0, 0.05) is 30.6 Å². The third-order valence-electron chi connectivity index (χ3n) is 5.74. The number of benzene rings is 1. The summed E-state index contributed by atoms with van der Waals surface area (Å²) in [5.74, 6) is -1.34. The first-order valence-electron chi connectivity index (χ1n) is 9.93. The Balaban J connectivity index is 1.61. The number of rotatable bonds is 4. The molecule has 1 N–H and O–H groups in total. The fraction of sp³-hybridized carbons (Fsp3) is 0.500. The van der Waals surface area contributed by atoms with Crippen LogP contribution >= 0.6 is 0 Å². The van der Waals surface area contributed by atoms with E-state index in [1.54, 1.807) is 4.90 Å². The molecule has 2 unspecified atom stereocenters. The number of carbonyl (C=O) groups excluding carboxylic acids is 1. The molecule has 2 atom stereocenters. The normalized spacial score (nSPS) is 22.5. The number of nitrogens with zero attached hydrogens (tertiary/aromatic N) is 3. The van der Waals surface area contributed by atoms with Gasteiger partial charge < -0.3 is 10.0 Å². The predicted molar refractivity (Wildman–Crippen MR) is 105 cm³/mol. The lowest BCUT2D eigenvalue weighted by Gasteiger charge is -2.22. The van der Waals surface area contributed by atoms with Gasteiger partial charge >= 0.3 is 5.97 Å². The number of carbonyl (C=O) groups is 2. The van der Waals surface area contributed by atoms with Crippen molar-refractivity contribution < 1.29 is 14.7 Å². The predicted octanol–water partition coefficient (Wildman–Crippen LogP) is 3.46. The monoisotopic (exact) mass is 381 g/mol. The van der Waals surface area contributed by atoms with Crippen molar-refractivity contribution in [2.45, 2.75) is 51.0 Å². The summed E-state index contributed by atoms with van der Waals surface area (Å²) in [7, 11) is 0. The van der Waals surface area contributed by atoms with Crippen molar-refractivity contribution in [3.63, 3.8) is 0 Å². The van der Waals surface area contributed by atoms with Crippen LogP contribution in [0.5, 0.6) is 0 Å². The van der Waals surface area contributed by atoms with E-state index in [9.17, 15) is 14.7 Å². The highest BCUT2D eigenvalue weighted by Gasteiger charge is 2.42. The molecule has 2 aliphatic rings. The first-order valence-corrected chi connectivity index (χ1v) is 9.93. The highest BCUT2D eigenvalue weighted by Crippen LogP contribution is 2.42. The number of hydrogen-bond acceptors (Lipinski definition) is 3. The number of amides is 1. The molecule has 1 saturated heterocycles. The topological polar surface area (TPSA) is 75.4 Å². The number of likely N-dealkylation sites (tertiary alicyclic amines) is 1. The second-order valence-electron chi connectivity index (χ2n) is 8.98. The van der Waals surface area contributed by atoms with Crippen molar-refractivity contribution in [2.24, 2.45) is 5.92 Å².